The quantitative estimate of drug-likeness (QED) is 0.262. The van der Waals surface area contributed by atoms with Crippen LogP contribution < -0.4 is 22.1 Å². The standard InChI is InChI=1S/C24H34N4O4/c25-21(17-11-5-7-13-19(17)29)23(31)27-15-9-3-1-2-4-10-16-28-24(32)22(26)18-12-6-8-14-20(18)30/h5-8,11-14,21-22,29-30H,1-4,9-10,15-16,25-26H2,(H,27,31)(H,28,32). The Morgan fingerprint density at radius 2 is 1.00 bits per heavy atom. The van der Waals surface area contributed by atoms with Crippen LogP contribution in [-0.4, -0.2) is 35.1 Å². The SMILES string of the molecule is NC(C(=O)NCCCCCCCCNC(=O)C(N)c1ccccc1O)c1ccccc1O. The molecule has 8 nitrogen and oxygen atoms in total. The van der Waals surface area contributed by atoms with Gasteiger partial charge in [0.25, 0.3) is 0 Å². The van der Waals surface area contributed by atoms with Gasteiger partial charge in [-0.15, -0.1) is 0 Å². The fraction of sp³-hybridized carbons (Fsp3) is 0.417. The summed E-state index contributed by atoms with van der Waals surface area (Å²) < 4.78 is 0. The van der Waals surface area contributed by atoms with Gasteiger partial charge in [-0.3, -0.25) is 9.59 Å². The molecule has 2 unspecified atom stereocenters. The van der Waals surface area contributed by atoms with E-state index in [4.69, 9.17) is 11.5 Å². The lowest BCUT2D eigenvalue weighted by Crippen LogP contribution is -2.34. The molecule has 2 rings (SSSR count). The lowest BCUT2D eigenvalue weighted by molar-refractivity contribution is -0.123. The predicted molar refractivity (Wildman–Crippen MR) is 124 cm³/mol. The lowest BCUT2D eigenvalue weighted by atomic mass is 10.1. The molecule has 2 amide bonds. The molecule has 32 heavy (non-hydrogen) atoms. The Bertz CT molecular complexity index is 803. The van der Waals surface area contributed by atoms with E-state index < -0.39 is 12.1 Å². The average Bonchev–Trinajstić information content (AvgIpc) is 2.79. The molecule has 2 aromatic rings. The minimum absolute atomic E-state index is 0.0199. The van der Waals surface area contributed by atoms with Gasteiger partial charge in [-0.2, -0.15) is 0 Å². The zero-order valence-corrected chi connectivity index (χ0v) is 18.3. The number of para-hydroxylation sites is 2. The van der Waals surface area contributed by atoms with Crippen molar-refractivity contribution < 1.29 is 19.8 Å². The number of aromatic hydroxyl groups is 2. The number of unbranched alkanes of at least 4 members (excludes halogenated alkanes) is 5. The molecule has 174 valence electrons. The fourth-order valence-corrected chi connectivity index (χ4v) is 3.38. The van der Waals surface area contributed by atoms with Gasteiger partial charge in [-0.1, -0.05) is 62.1 Å². The van der Waals surface area contributed by atoms with Crippen molar-refractivity contribution in [1.82, 2.24) is 10.6 Å². The van der Waals surface area contributed by atoms with Crippen molar-refractivity contribution in [2.45, 2.75) is 50.6 Å². The lowest BCUT2D eigenvalue weighted by Gasteiger charge is -2.14. The topological polar surface area (TPSA) is 151 Å². The van der Waals surface area contributed by atoms with E-state index >= 15 is 0 Å². The van der Waals surface area contributed by atoms with Gasteiger partial charge in [0.05, 0.1) is 0 Å². The summed E-state index contributed by atoms with van der Waals surface area (Å²) in [6, 6.07) is 11.4. The molecule has 0 aliphatic carbocycles. The maximum absolute atomic E-state index is 12.1. The molecule has 0 radical (unpaired) electrons. The first-order valence-electron chi connectivity index (χ1n) is 11.0. The monoisotopic (exact) mass is 442 g/mol. The van der Waals surface area contributed by atoms with Crippen molar-refractivity contribution in [2.75, 3.05) is 13.1 Å². The van der Waals surface area contributed by atoms with Gasteiger partial charge in [0.15, 0.2) is 0 Å². The highest BCUT2D eigenvalue weighted by molar-refractivity contribution is 5.84. The molecule has 0 aromatic heterocycles. The van der Waals surface area contributed by atoms with E-state index in [-0.39, 0.29) is 23.3 Å². The first kappa shape index (κ1) is 25.2. The molecule has 0 bridgehead atoms. The van der Waals surface area contributed by atoms with E-state index in [0.717, 1.165) is 38.5 Å². The van der Waals surface area contributed by atoms with Gasteiger partial charge >= 0.3 is 0 Å². The highest BCUT2D eigenvalue weighted by atomic mass is 16.3. The molecule has 0 fully saturated rings. The molecular weight excluding hydrogens is 408 g/mol. The molecule has 2 atom stereocenters. The Morgan fingerprint density at radius 3 is 1.38 bits per heavy atom. The predicted octanol–water partition coefficient (Wildman–Crippen LogP) is 2.37. The minimum Gasteiger partial charge on any atom is -0.508 e. The Labute approximate surface area is 189 Å². The molecular formula is C24H34N4O4. The second-order valence-electron chi connectivity index (χ2n) is 7.78. The first-order valence-corrected chi connectivity index (χ1v) is 11.0. The Kier molecular flexibility index (Phi) is 10.5. The second kappa shape index (κ2) is 13.3. The number of rotatable bonds is 13. The van der Waals surface area contributed by atoms with E-state index in [0.29, 0.717) is 24.2 Å². The first-order chi connectivity index (χ1) is 15.4. The summed E-state index contributed by atoms with van der Waals surface area (Å²) >= 11 is 0. The number of amides is 2. The van der Waals surface area contributed by atoms with Gasteiger partial charge in [-0.05, 0) is 25.0 Å². The van der Waals surface area contributed by atoms with Crippen LogP contribution in [0.1, 0.15) is 61.7 Å². The minimum atomic E-state index is -0.884. The third-order valence-electron chi connectivity index (χ3n) is 5.31. The van der Waals surface area contributed by atoms with Gasteiger partial charge in [0, 0.05) is 24.2 Å². The summed E-state index contributed by atoms with van der Waals surface area (Å²) in [7, 11) is 0. The summed E-state index contributed by atoms with van der Waals surface area (Å²) in [5.41, 5.74) is 12.6. The van der Waals surface area contributed by atoms with Crippen molar-refractivity contribution in [2.24, 2.45) is 11.5 Å². The Balaban J connectivity index is 1.49. The van der Waals surface area contributed by atoms with Gasteiger partial charge in [0.2, 0.25) is 11.8 Å². The molecule has 0 spiro atoms. The third kappa shape index (κ3) is 7.86. The van der Waals surface area contributed by atoms with Crippen molar-refractivity contribution >= 4 is 11.8 Å². The molecule has 0 heterocycles. The van der Waals surface area contributed by atoms with Gasteiger partial charge < -0.3 is 32.3 Å². The normalized spacial score (nSPS) is 12.7. The zero-order valence-electron chi connectivity index (χ0n) is 18.3. The van der Waals surface area contributed by atoms with Crippen LogP contribution in [-0.2, 0) is 9.59 Å². The number of nitrogens with one attached hydrogen (secondary N) is 2. The Hall–Kier alpha value is -3.10. The largest absolute Gasteiger partial charge is 0.508 e. The van der Waals surface area contributed by atoms with Crippen LogP contribution in [0.5, 0.6) is 11.5 Å². The van der Waals surface area contributed by atoms with E-state index in [1.165, 1.54) is 12.1 Å². The summed E-state index contributed by atoms with van der Waals surface area (Å²) in [5, 5.41) is 25.2. The van der Waals surface area contributed by atoms with Crippen LogP contribution in [0.3, 0.4) is 0 Å². The van der Waals surface area contributed by atoms with E-state index in [2.05, 4.69) is 10.6 Å². The van der Waals surface area contributed by atoms with Crippen LogP contribution in [0.2, 0.25) is 0 Å². The number of phenolic OH excluding ortho intramolecular Hbond substituents is 2. The molecule has 0 saturated carbocycles. The van der Waals surface area contributed by atoms with E-state index in [1.54, 1.807) is 36.4 Å². The second-order valence-corrected chi connectivity index (χ2v) is 7.78. The molecule has 8 N–H and O–H groups in total. The summed E-state index contributed by atoms with van der Waals surface area (Å²) in [4.78, 5) is 24.2. The molecule has 0 aliphatic heterocycles. The smallest absolute Gasteiger partial charge is 0.241 e. The van der Waals surface area contributed by atoms with Gasteiger partial charge in [-0.25, -0.2) is 0 Å². The Morgan fingerprint density at radius 1 is 0.656 bits per heavy atom. The highest BCUT2D eigenvalue weighted by Gasteiger charge is 2.19. The number of nitrogens with two attached hydrogens (primary N) is 2. The molecule has 0 aliphatic rings. The molecule has 0 saturated heterocycles. The van der Waals surface area contributed by atoms with Crippen molar-refractivity contribution in [3.8, 4) is 11.5 Å². The van der Waals surface area contributed by atoms with E-state index in [9.17, 15) is 19.8 Å². The van der Waals surface area contributed by atoms with Crippen molar-refractivity contribution in [1.29, 1.82) is 0 Å². The maximum atomic E-state index is 12.1. The van der Waals surface area contributed by atoms with Crippen LogP contribution in [0.25, 0.3) is 0 Å². The summed E-state index contributed by atoms with van der Waals surface area (Å²) in [6.07, 6.45) is 5.74. The third-order valence-corrected chi connectivity index (χ3v) is 5.31. The van der Waals surface area contributed by atoms with Crippen LogP contribution in [0.4, 0.5) is 0 Å². The molecule has 8 heteroatoms. The van der Waals surface area contributed by atoms with Crippen LogP contribution in [0.15, 0.2) is 48.5 Å². The maximum Gasteiger partial charge on any atom is 0.241 e. The van der Waals surface area contributed by atoms with Crippen LogP contribution >= 0.6 is 0 Å². The van der Waals surface area contributed by atoms with Crippen molar-refractivity contribution in [3.63, 3.8) is 0 Å². The highest BCUT2D eigenvalue weighted by Crippen LogP contribution is 2.22. The van der Waals surface area contributed by atoms with Crippen LogP contribution in [0, 0.1) is 0 Å². The number of phenols is 2. The summed E-state index contributed by atoms with van der Waals surface area (Å²) in [6.45, 7) is 1.08. The number of carbonyl (C=O) groups excluding carboxylic acids is 2. The number of carbonyl (C=O) groups is 2. The molecule has 2 aromatic carbocycles. The average molecular weight is 443 g/mol. The number of hydrogen-bond donors (Lipinski definition) is 6. The van der Waals surface area contributed by atoms with E-state index in [1.807, 2.05) is 0 Å². The number of benzene rings is 2. The van der Waals surface area contributed by atoms with Crippen molar-refractivity contribution in [3.05, 3.63) is 59.7 Å². The number of hydrogen-bond acceptors (Lipinski definition) is 6. The summed E-state index contributed by atoms with van der Waals surface area (Å²) in [5.74, 6) is -0.563. The van der Waals surface area contributed by atoms with Gasteiger partial charge in [0.1, 0.15) is 23.6 Å². The fourth-order valence-electron chi connectivity index (χ4n) is 3.38. The zero-order chi connectivity index (χ0) is 23.3.